The summed E-state index contributed by atoms with van der Waals surface area (Å²) in [5.74, 6) is 2.14. The van der Waals surface area contributed by atoms with Gasteiger partial charge in [-0.15, -0.1) is 0 Å². The topological polar surface area (TPSA) is 81.2 Å². The highest BCUT2D eigenvalue weighted by atomic mass is 32.2. The number of aliphatic hydroxyl groups excluding tert-OH is 1. The molecule has 0 aliphatic rings. The molecule has 0 saturated carbocycles. The molecule has 0 aromatic carbocycles. The quantitative estimate of drug-likeness (QED) is 0.584. The molecular weight excluding hydrogens is 218 g/mol. The van der Waals surface area contributed by atoms with Crippen LogP contribution in [0.4, 0.5) is 5.82 Å². The summed E-state index contributed by atoms with van der Waals surface area (Å²) in [5.41, 5.74) is 0. The average molecular weight is 231 g/mol. The van der Waals surface area contributed by atoms with Gasteiger partial charge >= 0.3 is 5.82 Å². The molecule has 6 nitrogen and oxygen atoms in total. The van der Waals surface area contributed by atoms with E-state index in [4.69, 9.17) is 5.11 Å². The van der Waals surface area contributed by atoms with Crippen LogP contribution in [-0.4, -0.2) is 31.9 Å². The van der Waals surface area contributed by atoms with Gasteiger partial charge in [-0.2, -0.15) is 11.8 Å². The number of rotatable bonds is 6. The van der Waals surface area contributed by atoms with E-state index in [0.29, 0.717) is 11.6 Å². The molecular formula is C8H13N3O3S. The fourth-order valence-electron chi connectivity index (χ4n) is 1.20. The van der Waals surface area contributed by atoms with Gasteiger partial charge < -0.3 is 15.2 Å². The summed E-state index contributed by atoms with van der Waals surface area (Å²) in [4.78, 5) is 14.1. The molecule has 0 radical (unpaired) electrons. The molecule has 1 aromatic heterocycles. The highest BCUT2D eigenvalue weighted by molar-refractivity contribution is 7.98. The minimum absolute atomic E-state index is 0.0595. The Kier molecular flexibility index (Phi) is 4.57. The number of aromatic nitrogens is 2. The predicted molar refractivity (Wildman–Crippen MR) is 57.8 cm³/mol. The van der Waals surface area contributed by atoms with E-state index in [1.807, 2.05) is 6.92 Å². The smallest absolute Gasteiger partial charge is 0.342 e. The van der Waals surface area contributed by atoms with Crippen LogP contribution in [0.15, 0.2) is 6.20 Å². The number of hydrogen-bond donors (Lipinski definition) is 1. The zero-order chi connectivity index (χ0) is 11.3. The molecule has 0 unspecified atom stereocenters. The lowest BCUT2D eigenvalue weighted by Gasteiger charge is -2.01. The lowest BCUT2D eigenvalue weighted by Crippen LogP contribution is -2.09. The Balaban J connectivity index is 2.90. The van der Waals surface area contributed by atoms with Gasteiger partial charge in [0.25, 0.3) is 0 Å². The first kappa shape index (κ1) is 12.0. The van der Waals surface area contributed by atoms with Crippen molar-refractivity contribution in [2.45, 2.75) is 19.2 Å². The summed E-state index contributed by atoms with van der Waals surface area (Å²) in [5, 5.41) is 19.5. The van der Waals surface area contributed by atoms with Gasteiger partial charge in [0.05, 0.1) is 12.4 Å². The second-order valence-electron chi connectivity index (χ2n) is 2.80. The normalized spacial score (nSPS) is 10.5. The lowest BCUT2D eigenvalue weighted by molar-refractivity contribution is -0.392. The van der Waals surface area contributed by atoms with Crippen molar-refractivity contribution in [2.75, 3.05) is 12.4 Å². The van der Waals surface area contributed by atoms with Crippen molar-refractivity contribution in [1.29, 1.82) is 0 Å². The van der Waals surface area contributed by atoms with Crippen LogP contribution >= 0.6 is 11.8 Å². The van der Waals surface area contributed by atoms with Crippen LogP contribution in [0.2, 0.25) is 0 Å². The van der Waals surface area contributed by atoms with E-state index >= 15 is 0 Å². The predicted octanol–water partition coefficient (Wildman–Crippen LogP) is 1.04. The minimum Gasteiger partial charge on any atom is -0.392 e. The second-order valence-corrected chi connectivity index (χ2v) is 4.08. The van der Waals surface area contributed by atoms with Gasteiger partial charge in [0.15, 0.2) is 0 Å². The van der Waals surface area contributed by atoms with Crippen molar-refractivity contribution in [3.63, 3.8) is 0 Å². The summed E-state index contributed by atoms with van der Waals surface area (Å²) in [6.07, 6.45) is 1.24. The molecule has 1 rings (SSSR count). The van der Waals surface area contributed by atoms with Gasteiger partial charge in [-0.25, -0.2) is 9.55 Å². The second kappa shape index (κ2) is 5.72. The molecule has 1 aromatic rings. The standard InChI is InChI=1S/C8H13N3O3S/c1-2-15-6-7-9-5-8(11(13)14)10(7)3-4-12/h5,12H,2-4,6H2,1H3. The van der Waals surface area contributed by atoms with Gasteiger partial charge in [-0.3, -0.25) is 0 Å². The first-order valence-corrected chi connectivity index (χ1v) is 5.73. The summed E-state index contributed by atoms with van der Waals surface area (Å²) in [7, 11) is 0. The third kappa shape index (κ3) is 2.93. The van der Waals surface area contributed by atoms with E-state index in [1.54, 1.807) is 11.8 Å². The Hall–Kier alpha value is -1.08. The SMILES string of the molecule is CCSCc1ncc([N+](=O)[O-])n1CCO. The molecule has 0 amide bonds. The number of thioether (sulfide) groups is 1. The molecule has 0 fully saturated rings. The molecule has 0 bridgehead atoms. The Morgan fingerprint density at radius 1 is 1.73 bits per heavy atom. The maximum absolute atomic E-state index is 10.6. The van der Waals surface area contributed by atoms with Crippen LogP contribution in [0.5, 0.6) is 0 Å². The molecule has 0 saturated heterocycles. The van der Waals surface area contributed by atoms with Crippen molar-refractivity contribution < 1.29 is 10.0 Å². The van der Waals surface area contributed by atoms with Crippen molar-refractivity contribution >= 4 is 17.6 Å². The van der Waals surface area contributed by atoms with E-state index < -0.39 is 4.92 Å². The maximum Gasteiger partial charge on any atom is 0.342 e. The van der Waals surface area contributed by atoms with Crippen LogP contribution in [0.25, 0.3) is 0 Å². The molecule has 0 aliphatic carbocycles. The first-order chi connectivity index (χ1) is 7.20. The monoisotopic (exact) mass is 231 g/mol. The average Bonchev–Trinajstić information content (AvgIpc) is 2.59. The van der Waals surface area contributed by atoms with Crippen molar-refractivity contribution in [1.82, 2.24) is 9.55 Å². The van der Waals surface area contributed by atoms with Crippen molar-refractivity contribution in [3.05, 3.63) is 22.1 Å². The Labute approximate surface area is 91.5 Å². The van der Waals surface area contributed by atoms with E-state index in [9.17, 15) is 10.1 Å². The third-order valence-electron chi connectivity index (χ3n) is 1.86. The maximum atomic E-state index is 10.6. The highest BCUT2D eigenvalue weighted by Crippen LogP contribution is 2.18. The van der Waals surface area contributed by atoms with Crippen LogP contribution in [-0.2, 0) is 12.3 Å². The van der Waals surface area contributed by atoms with Crippen LogP contribution in [0.3, 0.4) is 0 Å². The summed E-state index contributed by atoms with van der Waals surface area (Å²) in [6, 6.07) is 0. The molecule has 0 spiro atoms. The molecule has 0 atom stereocenters. The van der Waals surface area contributed by atoms with Crippen LogP contribution in [0, 0.1) is 10.1 Å². The van der Waals surface area contributed by atoms with Crippen molar-refractivity contribution in [3.8, 4) is 0 Å². The fraction of sp³-hybridized carbons (Fsp3) is 0.625. The highest BCUT2D eigenvalue weighted by Gasteiger charge is 2.18. The molecule has 1 heterocycles. The molecule has 7 heteroatoms. The summed E-state index contributed by atoms with van der Waals surface area (Å²) in [6.45, 7) is 2.11. The summed E-state index contributed by atoms with van der Waals surface area (Å²) < 4.78 is 1.45. The van der Waals surface area contributed by atoms with Gasteiger partial charge in [0.2, 0.25) is 5.82 Å². The van der Waals surface area contributed by atoms with E-state index in [2.05, 4.69) is 4.98 Å². The number of nitrogens with zero attached hydrogens (tertiary/aromatic N) is 3. The van der Waals surface area contributed by atoms with Gasteiger partial charge in [-0.05, 0) is 10.7 Å². The Morgan fingerprint density at radius 2 is 2.47 bits per heavy atom. The lowest BCUT2D eigenvalue weighted by atomic mass is 10.6. The third-order valence-corrected chi connectivity index (χ3v) is 2.73. The molecule has 0 aliphatic heterocycles. The zero-order valence-corrected chi connectivity index (χ0v) is 9.24. The molecule has 84 valence electrons. The largest absolute Gasteiger partial charge is 0.392 e. The minimum atomic E-state index is -0.483. The van der Waals surface area contributed by atoms with E-state index in [1.165, 1.54) is 10.8 Å². The molecule has 15 heavy (non-hydrogen) atoms. The summed E-state index contributed by atoms with van der Waals surface area (Å²) >= 11 is 1.64. The van der Waals surface area contributed by atoms with E-state index in [-0.39, 0.29) is 19.0 Å². The van der Waals surface area contributed by atoms with Crippen LogP contribution < -0.4 is 0 Å². The van der Waals surface area contributed by atoms with Gasteiger partial charge in [0.1, 0.15) is 12.7 Å². The zero-order valence-electron chi connectivity index (χ0n) is 8.42. The number of nitro groups is 1. The van der Waals surface area contributed by atoms with E-state index in [0.717, 1.165) is 5.75 Å². The molecule has 1 N–H and O–H groups in total. The number of hydrogen-bond acceptors (Lipinski definition) is 5. The number of aliphatic hydroxyl groups is 1. The van der Waals surface area contributed by atoms with Crippen LogP contribution in [0.1, 0.15) is 12.7 Å². The fourth-order valence-corrected chi connectivity index (χ4v) is 1.82. The van der Waals surface area contributed by atoms with Gasteiger partial charge in [0, 0.05) is 0 Å². The van der Waals surface area contributed by atoms with Gasteiger partial charge in [-0.1, -0.05) is 6.92 Å². The number of imidazole rings is 1. The Morgan fingerprint density at radius 3 is 3.00 bits per heavy atom. The Bertz CT molecular complexity index is 340. The first-order valence-electron chi connectivity index (χ1n) is 4.58. The van der Waals surface area contributed by atoms with Crippen molar-refractivity contribution in [2.24, 2.45) is 0 Å².